The van der Waals surface area contributed by atoms with Crippen molar-refractivity contribution in [2.45, 2.75) is 32.9 Å². The first-order chi connectivity index (χ1) is 11.6. The molecule has 3 rings (SSSR count). The lowest BCUT2D eigenvalue weighted by Gasteiger charge is -2.21. The zero-order valence-electron chi connectivity index (χ0n) is 14.3. The van der Waals surface area contributed by atoms with Crippen LogP contribution >= 0.6 is 0 Å². The number of hydrogen-bond donors (Lipinski definition) is 2. The van der Waals surface area contributed by atoms with Crippen LogP contribution in [0.2, 0.25) is 0 Å². The third kappa shape index (κ3) is 3.41. The Kier molecular flexibility index (Phi) is 4.80. The highest BCUT2D eigenvalue weighted by Crippen LogP contribution is 2.24. The van der Waals surface area contributed by atoms with E-state index >= 15 is 0 Å². The van der Waals surface area contributed by atoms with Crippen molar-refractivity contribution in [3.63, 3.8) is 0 Å². The van der Waals surface area contributed by atoms with Crippen molar-refractivity contribution in [3.05, 3.63) is 41.2 Å². The van der Waals surface area contributed by atoms with Gasteiger partial charge in [0.1, 0.15) is 11.6 Å². The van der Waals surface area contributed by atoms with Gasteiger partial charge < -0.3 is 20.0 Å². The second-order valence-corrected chi connectivity index (χ2v) is 6.05. The summed E-state index contributed by atoms with van der Waals surface area (Å²) in [6.07, 6.45) is 2.71. The molecular formula is C17H23N5O2. The lowest BCUT2D eigenvalue weighted by Crippen LogP contribution is -2.33. The van der Waals surface area contributed by atoms with E-state index in [4.69, 9.17) is 4.42 Å². The largest absolute Gasteiger partial charge is 0.468 e. The van der Waals surface area contributed by atoms with Gasteiger partial charge >= 0.3 is 0 Å². The number of amides is 1. The van der Waals surface area contributed by atoms with Crippen molar-refractivity contribution < 1.29 is 9.21 Å². The number of aryl methyl sites for hydroxylation is 1. The second-order valence-electron chi connectivity index (χ2n) is 6.05. The van der Waals surface area contributed by atoms with E-state index in [0.717, 1.165) is 48.9 Å². The minimum Gasteiger partial charge on any atom is -0.468 e. The monoisotopic (exact) mass is 329 g/mol. The molecule has 2 aromatic rings. The summed E-state index contributed by atoms with van der Waals surface area (Å²) in [5, 5.41) is 6.09. The minimum atomic E-state index is -0.258. The van der Waals surface area contributed by atoms with Gasteiger partial charge in [0.25, 0.3) is 5.91 Å². The van der Waals surface area contributed by atoms with E-state index in [2.05, 4.69) is 25.5 Å². The van der Waals surface area contributed by atoms with Crippen molar-refractivity contribution in [2.24, 2.45) is 0 Å². The van der Waals surface area contributed by atoms with Crippen molar-refractivity contribution >= 4 is 11.7 Å². The normalized spacial score (nSPS) is 17.3. The molecule has 0 unspecified atom stereocenters. The van der Waals surface area contributed by atoms with E-state index in [9.17, 15) is 4.79 Å². The number of nitrogens with one attached hydrogen (secondary N) is 2. The van der Waals surface area contributed by atoms with Gasteiger partial charge in [0.2, 0.25) is 5.82 Å². The van der Waals surface area contributed by atoms with Gasteiger partial charge in [0, 0.05) is 37.4 Å². The number of nitrogens with zero attached hydrogens (tertiary/aromatic N) is 3. The molecular weight excluding hydrogens is 306 g/mol. The van der Waals surface area contributed by atoms with Crippen LogP contribution in [0.3, 0.4) is 0 Å². The van der Waals surface area contributed by atoms with Crippen molar-refractivity contribution in [2.75, 3.05) is 25.0 Å². The summed E-state index contributed by atoms with van der Waals surface area (Å²) in [5.74, 6) is 1.75. The molecule has 0 radical (unpaired) electrons. The summed E-state index contributed by atoms with van der Waals surface area (Å²) in [7, 11) is 1.59. The molecule has 1 atom stereocenters. The van der Waals surface area contributed by atoms with Crippen LogP contribution in [0.1, 0.15) is 34.1 Å². The van der Waals surface area contributed by atoms with E-state index in [1.54, 1.807) is 13.3 Å². The second kappa shape index (κ2) is 7.00. The maximum Gasteiger partial charge on any atom is 0.288 e. The highest BCUT2D eigenvalue weighted by atomic mass is 16.3. The Balaban J connectivity index is 1.70. The Labute approximate surface area is 141 Å². The quantitative estimate of drug-likeness (QED) is 0.863. The van der Waals surface area contributed by atoms with Gasteiger partial charge in [-0.3, -0.25) is 4.79 Å². The summed E-state index contributed by atoms with van der Waals surface area (Å²) < 4.78 is 5.35. The average Bonchev–Trinajstić information content (AvgIpc) is 3.25. The van der Waals surface area contributed by atoms with Gasteiger partial charge in [-0.05, 0) is 32.4 Å². The molecule has 1 saturated heterocycles. The molecule has 2 N–H and O–H groups in total. The molecule has 7 nitrogen and oxygen atoms in total. The fourth-order valence-corrected chi connectivity index (χ4v) is 2.91. The molecule has 0 saturated carbocycles. The summed E-state index contributed by atoms with van der Waals surface area (Å²) >= 11 is 0. The molecule has 7 heteroatoms. The van der Waals surface area contributed by atoms with E-state index in [-0.39, 0.29) is 11.7 Å². The lowest BCUT2D eigenvalue weighted by molar-refractivity contribution is 0.0952. The van der Waals surface area contributed by atoms with Gasteiger partial charge in [0.05, 0.1) is 12.8 Å². The fraction of sp³-hybridized carbons (Fsp3) is 0.471. The Morgan fingerprint density at radius 1 is 1.42 bits per heavy atom. The highest BCUT2D eigenvalue weighted by molar-refractivity contribution is 5.90. The fourth-order valence-electron chi connectivity index (χ4n) is 2.91. The maximum atomic E-state index is 11.9. The first-order valence-electron chi connectivity index (χ1n) is 8.16. The van der Waals surface area contributed by atoms with Crippen molar-refractivity contribution in [1.29, 1.82) is 0 Å². The molecule has 1 fully saturated rings. The standard InChI is InChI=1S/C17H23N5O2/c1-11-12(2)20-15(17(23)18-3)21-16(11)22-7-6-13(10-22)19-9-14-5-4-8-24-14/h4-5,8,13,19H,6-7,9-10H2,1-3H3,(H,18,23)/t13-/m1/s1. The molecule has 128 valence electrons. The van der Waals surface area contributed by atoms with E-state index in [1.165, 1.54) is 0 Å². The Hall–Kier alpha value is -2.41. The number of furan rings is 1. The molecule has 0 aromatic carbocycles. The SMILES string of the molecule is CNC(=O)c1nc(C)c(C)c(N2CC[C@@H](NCc3ccco3)C2)n1. The molecule has 0 bridgehead atoms. The summed E-state index contributed by atoms with van der Waals surface area (Å²) in [4.78, 5) is 22.9. The first kappa shape index (κ1) is 16.4. The molecule has 24 heavy (non-hydrogen) atoms. The minimum absolute atomic E-state index is 0.225. The zero-order valence-corrected chi connectivity index (χ0v) is 14.3. The number of carbonyl (C=O) groups is 1. The van der Waals surface area contributed by atoms with Crippen LogP contribution in [0.25, 0.3) is 0 Å². The number of anilines is 1. The first-order valence-corrected chi connectivity index (χ1v) is 8.16. The third-order valence-corrected chi connectivity index (χ3v) is 4.43. The number of carbonyl (C=O) groups excluding carboxylic acids is 1. The van der Waals surface area contributed by atoms with Crippen LogP contribution in [-0.2, 0) is 6.54 Å². The van der Waals surface area contributed by atoms with E-state index in [0.29, 0.717) is 6.04 Å². The molecule has 1 aliphatic rings. The maximum absolute atomic E-state index is 11.9. The van der Waals surface area contributed by atoms with Crippen molar-refractivity contribution in [3.8, 4) is 0 Å². The molecule has 1 aliphatic heterocycles. The number of aromatic nitrogens is 2. The predicted octanol–water partition coefficient (Wildman–Crippen LogP) is 1.41. The third-order valence-electron chi connectivity index (χ3n) is 4.43. The summed E-state index contributed by atoms with van der Waals surface area (Å²) in [6.45, 7) is 6.39. The highest BCUT2D eigenvalue weighted by Gasteiger charge is 2.26. The number of hydrogen-bond acceptors (Lipinski definition) is 6. The van der Waals surface area contributed by atoms with Gasteiger partial charge in [-0.1, -0.05) is 0 Å². The van der Waals surface area contributed by atoms with E-state index < -0.39 is 0 Å². The predicted molar refractivity (Wildman–Crippen MR) is 91.1 cm³/mol. The van der Waals surface area contributed by atoms with Gasteiger partial charge in [0.15, 0.2) is 0 Å². The Bertz CT molecular complexity index is 714. The molecule has 0 aliphatic carbocycles. The van der Waals surface area contributed by atoms with Crippen molar-refractivity contribution in [1.82, 2.24) is 20.6 Å². The topological polar surface area (TPSA) is 83.3 Å². The smallest absolute Gasteiger partial charge is 0.288 e. The van der Waals surface area contributed by atoms with Crippen LogP contribution in [0, 0.1) is 13.8 Å². The summed E-state index contributed by atoms with van der Waals surface area (Å²) in [6, 6.07) is 4.23. The van der Waals surface area contributed by atoms with Crippen LogP contribution in [0.15, 0.2) is 22.8 Å². The summed E-state index contributed by atoms with van der Waals surface area (Å²) in [5.41, 5.74) is 1.86. The van der Waals surface area contributed by atoms with Crippen LogP contribution in [-0.4, -0.2) is 42.1 Å². The molecule has 0 spiro atoms. The number of rotatable bonds is 5. The average molecular weight is 329 g/mol. The van der Waals surface area contributed by atoms with Crippen LogP contribution < -0.4 is 15.5 Å². The van der Waals surface area contributed by atoms with Gasteiger partial charge in [-0.15, -0.1) is 0 Å². The van der Waals surface area contributed by atoms with Crippen LogP contribution in [0.5, 0.6) is 0 Å². The zero-order chi connectivity index (χ0) is 17.1. The van der Waals surface area contributed by atoms with Gasteiger partial charge in [-0.25, -0.2) is 9.97 Å². The molecule has 2 aromatic heterocycles. The van der Waals surface area contributed by atoms with Crippen LogP contribution in [0.4, 0.5) is 5.82 Å². The molecule has 1 amide bonds. The Morgan fingerprint density at radius 2 is 2.25 bits per heavy atom. The molecule has 3 heterocycles. The lowest BCUT2D eigenvalue weighted by atomic mass is 10.2. The Morgan fingerprint density at radius 3 is 2.96 bits per heavy atom. The van der Waals surface area contributed by atoms with Gasteiger partial charge in [-0.2, -0.15) is 0 Å². The van der Waals surface area contributed by atoms with E-state index in [1.807, 2.05) is 26.0 Å².